The lowest BCUT2D eigenvalue weighted by molar-refractivity contribution is 0.0791. The van der Waals surface area contributed by atoms with Gasteiger partial charge in [-0.25, -0.2) is 8.42 Å². The molecule has 136 valence electrons. The number of hydrogen-bond donors (Lipinski definition) is 1. The lowest BCUT2D eigenvalue weighted by Crippen LogP contribution is -2.31. The first kappa shape index (κ1) is 19.9. The van der Waals surface area contributed by atoms with Crippen molar-refractivity contribution in [2.45, 2.75) is 4.90 Å². The SMILES string of the molecule is C=CCN(CC=C)C(=O)c1ccc(NS(=O)(=O)c2ccc(Br)cc2)cc1. The van der Waals surface area contributed by atoms with Crippen LogP contribution in [-0.2, 0) is 10.0 Å². The van der Waals surface area contributed by atoms with Crippen LogP contribution in [0, 0.1) is 0 Å². The number of halogens is 1. The largest absolute Gasteiger partial charge is 0.331 e. The summed E-state index contributed by atoms with van der Waals surface area (Å²) in [7, 11) is -3.69. The summed E-state index contributed by atoms with van der Waals surface area (Å²) in [5.41, 5.74) is 0.837. The average Bonchev–Trinajstić information content (AvgIpc) is 2.61. The topological polar surface area (TPSA) is 66.5 Å². The van der Waals surface area contributed by atoms with Crippen molar-refractivity contribution in [2.75, 3.05) is 17.8 Å². The smallest absolute Gasteiger partial charge is 0.261 e. The molecule has 0 unspecified atom stereocenters. The van der Waals surface area contributed by atoms with E-state index in [0.717, 1.165) is 4.47 Å². The molecule has 26 heavy (non-hydrogen) atoms. The van der Waals surface area contributed by atoms with Crippen LogP contribution in [0.15, 0.2) is 83.2 Å². The predicted molar refractivity (Wildman–Crippen MR) is 108 cm³/mol. The molecule has 0 saturated heterocycles. The molecule has 0 heterocycles. The number of amides is 1. The van der Waals surface area contributed by atoms with Crippen LogP contribution >= 0.6 is 15.9 Å². The second-order valence-corrected chi connectivity index (χ2v) is 8.02. The summed E-state index contributed by atoms with van der Waals surface area (Å²) in [5, 5.41) is 0. The van der Waals surface area contributed by atoms with Crippen LogP contribution in [-0.4, -0.2) is 32.3 Å². The molecule has 0 aliphatic carbocycles. The number of sulfonamides is 1. The molecule has 0 aliphatic rings. The van der Waals surface area contributed by atoms with Gasteiger partial charge in [0.05, 0.1) is 4.90 Å². The standard InChI is InChI=1S/C19H19BrN2O3S/c1-3-13-22(14-4-2)19(23)15-5-9-17(10-6-15)21-26(24,25)18-11-7-16(20)8-12-18/h3-12,21H,1-2,13-14H2. The van der Waals surface area contributed by atoms with Crippen LogP contribution in [0.4, 0.5) is 5.69 Å². The quantitative estimate of drug-likeness (QED) is 0.636. The number of nitrogens with one attached hydrogen (secondary N) is 1. The fraction of sp³-hybridized carbons (Fsp3) is 0.105. The highest BCUT2D eigenvalue weighted by Gasteiger charge is 2.16. The van der Waals surface area contributed by atoms with Gasteiger partial charge >= 0.3 is 0 Å². The van der Waals surface area contributed by atoms with Gasteiger partial charge in [-0.2, -0.15) is 0 Å². The maximum absolute atomic E-state index is 12.5. The zero-order valence-electron chi connectivity index (χ0n) is 14.1. The number of carbonyl (C=O) groups is 1. The molecule has 2 aromatic rings. The maximum atomic E-state index is 12.5. The molecule has 0 aromatic heterocycles. The molecule has 0 fully saturated rings. The van der Waals surface area contributed by atoms with E-state index in [0.29, 0.717) is 24.3 Å². The molecular weight excluding hydrogens is 416 g/mol. The van der Waals surface area contributed by atoms with Crippen LogP contribution in [0.5, 0.6) is 0 Å². The number of rotatable bonds is 8. The van der Waals surface area contributed by atoms with Crippen molar-refractivity contribution in [1.29, 1.82) is 0 Å². The van der Waals surface area contributed by atoms with Gasteiger partial charge in [-0.3, -0.25) is 9.52 Å². The van der Waals surface area contributed by atoms with Crippen molar-refractivity contribution >= 4 is 37.5 Å². The van der Waals surface area contributed by atoms with Crippen molar-refractivity contribution in [2.24, 2.45) is 0 Å². The van der Waals surface area contributed by atoms with Crippen LogP contribution in [0.3, 0.4) is 0 Å². The summed E-state index contributed by atoms with van der Waals surface area (Å²) in [4.78, 5) is 14.2. The third-order valence-electron chi connectivity index (χ3n) is 3.49. The highest BCUT2D eigenvalue weighted by molar-refractivity contribution is 9.10. The first-order valence-corrected chi connectivity index (χ1v) is 10.0. The molecule has 1 N–H and O–H groups in total. The van der Waals surface area contributed by atoms with Crippen molar-refractivity contribution in [3.05, 3.63) is 83.9 Å². The Bertz CT molecular complexity index is 881. The Morgan fingerprint density at radius 3 is 2.04 bits per heavy atom. The van der Waals surface area contributed by atoms with Crippen LogP contribution < -0.4 is 4.72 Å². The third kappa shape index (κ3) is 5.06. The Hall–Kier alpha value is -2.38. The lowest BCUT2D eigenvalue weighted by atomic mass is 10.2. The van der Waals surface area contributed by atoms with E-state index in [4.69, 9.17) is 0 Å². The van der Waals surface area contributed by atoms with Crippen molar-refractivity contribution in [3.63, 3.8) is 0 Å². The molecule has 7 heteroatoms. The van der Waals surface area contributed by atoms with E-state index >= 15 is 0 Å². The zero-order chi connectivity index (χ0) is 19.2. The normalized spacial score (nSPS) is 10.8. The van der Waals surface area contributed by atoms with E-state index in [2.05, 4.69) is 33.8 Å². The van der Waals surface area contributed by atoms with Gasteiger partial charge in [-0.05, 0) is 48.5 Å². The van der Waals surface area contributed by atoms with Crippen molar-refractivity contribution in [3.8, 4) is 0 Å². The molecule has 2 rings (SSSR count). The van der Waals surface area contributed by atoms with E-state index in [1.54, 1.807) is 53.5 Å². The second-order valence-electron chi connectivity index (χ2n) is 5.42. The maximum Gasteiger partial charge on any atom is 0.261 e. The first-order valence-electron chi connectivity index (χ1n) is 7.77. The van der Waals surface area contributed by atoms with Gasteiger partial charge in [-0.1, -0.05) is 28.1 Å². The van der Waals surface area contributed by atoms with E-state index < -0.39 is 10.0 Å². The van der Waals surface area contributed by atoms with Gasteiger partial charge in [0.2, 0.25) is 0 Å². The monoisotopic (exact) mass is 434 g/mol. The van der Waals surface area contributed by atoms with Gasteiger partial charge < -0.3 is 4.90 Å². The lowest BCUT2D eigenvalue weighted by Gasteiger charge is -2.19. The Morgan fingerprint density at radius 2 is 1.54 bits per heavy atom. The molecule has 0 spiro atoms. The number of benzene rings is 2. The molecule has 0 aliphatic heterocycles. The number of nitrogens with zero attached hydrogens (tertiary/aromatic N) is 1. The van der Waals surface area contributed by atoms with Gasteiger partial charge in [-0.15, -0.1) is 13.2 Å². The molecule has 0 saturated carbocycles. The third-order valence-corrected chi connectivity index (χ3v) is 5.42. The molecule has 0 radical (unpaired) electrons. The molecule has 5 nitrogen and oxygen atoms in total. The minimum Gasteiger partial charge on any atom is -0.331 e. The summed E-state index contributed by atoms with van der Waals surface area (Å²) >= 11 is 3.27. The summed E-state index contributed by atoms with van der Waals surface area (Å²) in [6.45, 7) is 8.09. The number of anilines is 1. The summed E-state index contributed by atoms with van der Waals surface area (Å²) in [5.74, 6) is -0.174. The number of carbonyl (C=O) groups excluding carboxylic acids is 1. The summed E-state index contributed by atoms with van der Waals surface area (Å²) in [6.07, 6.45) is 3.28. The summed E-state index contributed by atoms with van der Waals surface area (Å²) in [6, 6.07) is 12.6. The molecule has 1 amide bonds. The van der Waals surface area contributed by atoms with Gasteiger partial charge in [0, 0.05) is 28.8 Å². The van der Waals surface area contributed by atoms with E-state index in [9.17, 15) is 13.2 Å². The Labute approximate surface area is 162 Å². The van der Waals surface area contributed by atoms with Crippen LogP contribution in [0.1, 0.15) is 10.4 Å². The zero-order valence-corrected chi connectivity index (χ0v) is 16.5. The molecule has 0 bridgehead atoms. The minimum atomic E-state index is -3.69. The van der Waals surface area contributed by atoms with E-state index in [1.165, 1.54) is 12.1 Å². The molecular formula is C19H19BrN2O3S. The minimum absolute atomic E-state index is 0.156. The highest BCUT2D eigenvalue weighted by Crippen LogP contribution is 2.19. The summed E-state index contributed by atoms with van der Waals surface area (Å²) < 4.78 is 28.1. The highest BCUT2D eigenvalue weighted by atomic mass is 79.9. The predicted octanol–water partition coefficient (Wildman–Crippen LogP) is 4.06. The first-order chi connectivity index (χ1) is 12.4. The van der Waals surface area contributed by atoms with Gasteiger partial charge in [0.25, 0.3) is 15.9 Å². The van der Waals surface area contributed by atoms with E-state index in [-0.39, 0.29) is 10.8 Å². The van der Waals surface area contributed by atoms with E-state index in [1.807, 2.05) is 0 Å². The number of hydrogen-bond acceptors (Lipinski definition) is 3. The molecule has 0 atom stereocenters. The van der Waals surface area contributed by atoms with Gasteiger partial charge in [0.15, 0.2) is 0 Å². The van der Waals surface area contributed by atoms with Gasteiger partial charge in [0.1, 0.15) is 0 Å². The van der Waals surface area contributed by atoms with Crippen LogP contribution in [0.2, 0.25) is 0 Å². The Kier molecular flexibility index (Phi) is 6.76. The Morgan fingerprint density at radius 1 is 1.00 bits per heavy atom. The fourth-order valence-electron chi connectivity index (χ4n) is 2.24. The molecule has 2 aromatic carbocycles. The Balaban J connectivity index is 2.16. The average molecular weight is 435 g/mol. The van der Waals surface area contributed by atoms with Crippen molar-refractivity contribution in [1.82, 2.24) is 4.90 Å². The fourth-order valence-corrected chi connectivity index (χ4v) is 3.57. The second kappa shape index (κ2) is 8.82. The van der Waals surface area contributed by atoms with Crippen LogP contribution in [0.25, 0.3) is 0 Å². The van der Waals surface area contributed by atoms with Crippen molar-refractivity contribution < 1.29 is 13.2 Å².